The van der Waals surface area contributed by atoms with Gasteiger partial charge in [-0.05, 0) is 18.9 Å². The van der Waals surface area contributed by atoms with Crippen LogP contribution in [0.15, 0.2) is 18.2 Å². The Kier molecular flexibility index (Phi) is 5.09. The number of likely N-dealkylation sites (tertiary alicyclic amines) is 1. The zero-order chi connectivity index (χ0) is 17.0. The van der Waals surface area contributed by atoms with Gasteiger partial charge in [0.2, 0.25) is 5.82 Å². The molecule has 0 bridgehead atoms. The van der Waals surface area contributed by atoms with Gasteiger partial charge < -0.3 is 14.7 Å². The van der Waals surface area contributed by atoms with Crippen molar-refractivity contribution in [3.63, 3.8) is 0 Å². The van der Waals surface area contributed by atoms with Crippen LogP contribution in [0, 0.1) is 21.8 Å². The summed E-state index contributed by atoms with van der Waals surface area (Å²) in [6.45, 7) is 0.177. The molecule has 1 aromatic carbocycles. The van der Waals surface area contributed by atoms with Gasteiger partial charge in [-0.1, -0.05) is 0 Å². The Morgan fingerprint density at radius 1 is 1.48 bits per heavy atom. The van der Waals surface area contributed by atoms with Crippen molar-refractivity contribution in [3.05, 3.63) is 34.1 Å². The minimum atomic E-state index is -1.05. The third-order valence-corrected chi connectivity index (χ3v) is 3.60. The zero-order valence-corrected chi connectivity index (χ0v) is 12.1. The van der Waals surface area contributed by atoms with Crippen LogP contribution in [0.5, 0.6) is 5.75 Å². The highest BCUT2D eigenvalue weighted by Crippen LogP contribution is 2.22. The second kappa shape index (κ2) is 7.03. The summed E-state index contributed by atoms with van der Waals surface area (Å²) in [7, 11) is 0. The monoisotopic (exact) mass is 326 g/mol. The Hall–Kier alpha value is -2.71. The van der Waals surface area contributed by atoms with Crippen molar-refractivity contribution in [2.75, 3.05) is 19.7 Å². The third-order valence-electron chi connectivity index (χ3n) is 3.60. The number of nitro groups is 1. The molecule has 1 aromatic rings. The Labute approximate surface area is 130 Å². The summed E-state index contributed by atoms with van der Waals surface area (Å²) in [5.74, 6) is -3.00. The average Bonchev–Trinajstić information content (AvgIpc) is 2.52. The molecule has 1 N–H and O–H groups in total. The number of carboxylic acid groups (broad SMARTS) is 1. The van der Waals surface area contributed by atoms with E-state index in [1.54, 1.807) is 0 Å². The first kappa shape index (κ1) is 16.7. The van der Waals surface area contributed by atoms with Gasteiger partial charge in [0.05, 0.1) is 10.8 Å². The predicted octanol–water partition coefficient (Wildman–Crippen LogP) is 1.44. The van der Waals surface area contributed by atoms with Crippen LogP contribution in [0.2, 0.25) is 0 Å². The van der Waals surface area contributed by atoms with Gasteiger partial charge in [0, 0.05) is 25.2 Å². The van der Waals surface area contributed by atoms with E-state index in [0.717, 1.165) is 12.1 Å². The molecule has 1 fully saturated rings. The van der Waals surface area contributed by atoms with E-state index in [1.165, 1.54) is 11.0 Å². The van der Waals surface area contributed by atoms with Crippen molar-refractivity contribution < 1.29 is 28.7 Å². The van der Waals surface area contributed by atoms with E-state index in [2.05, 4.69) is 0 Å². The van der Waals surface area contributed by atoms with Gasteiger partial charge >= 0.3 is 11.7 Å². The van der Waals surface area contributed by atoms with Gasteiger partial charge in [0.15, 0.2) is 6.61 Å². The molecular formula is C14H15FN2O6. The van der Waals surface area contributed by atoms with Crippen LogP contribution in [-0.4, -0.2) is 46.5 Å². The van der Waals surface area contributed by atoms with E-state index in [4.69, 9.17) is 9.84 Å². The van der Waals surface area contributed by atoms with Crippen LogP contribution < -0.4 is 4.74 Å². The number of ether oxygens (including phenoxy) is 1. The number of nitrogens with zero attached hydrogens (tertiary/aromatic N) is 2. The Morgan fingerprint density at radius 2 is 2.22 bits per heavy atom. The highest BCUT2D eigenvalue weighted by atomic mass is 19.1. The minimum absolute atomic E-state index is 0.00626. The number of hydrogen-bond acceptors (Lipinski definition) is 5. The summed E-state index contributed by atoms with van der Waals surface area (Å²) in [6.07, 6.45) is 1.11. The molecule has 1 aliphatic rings. The van der Waals surface area contributed by atoms with Crippen molar-refractivity contribution in [2.45, 2.75) is 12.8 Å². The fourth-order valence-electron chi connectivity index (χ4n) is 2.37. The normalized spacial score (nSPS) is 17.6. The SMILES string of the molecule is O=C(O)C1CCCN(C(=O)COc2ccc([N+](=O)[O-])c(F)c2)C1. The van der Waals surface area contributed by atoms with Gasteiger partial charge in [-0.15, -0.1) is 0 Å². The van der Waals surface area contributed by atoms with Crippen molar-refractivity contribution in [3.8, 4) is 5.75 Å². The molecule has 0 saturated carbocycles. The second-order valence-corrected chi connectivity index (χ2v) is 5.18. The molecule has 0 radical (unpaired) electrons. The lowest BCUT2D eigenvalue weighted by Crippen LogP contribution is -2.44. The first-order chi connectivity index (χ1) is 10.9. The van der Waals surface area contributed by atoms with E-state index in [1.807, 2.05) is 0 Å². The maximum Gasteiger partial charge on any atom is 0.308 e. The molecule has 23 heavy (non-hydrogen) atoms. The van der Waals surface area contributed by atoms with Gasteiger partial charge in [-0.3, -0.25) is 19.7 Å². The van der Waals surface area contributed by atoms with Crippen LogP contribution in [0.4, 0.5) is 10.1 Å². The number of rotatable bonds is 5. The van der Waals surface area contributed by atoms with E-state index < -0.39 is 34.2 Å². The summed E-state index contributed by atoms with van der Waals surface area (Å²) < 4.78 is 18.6. The van der Waals surface area contributed by atoms with Crippen LogP contribution in [0.1, 0.15) is 12.8 Å². The first-order valence-electron chi connectivity index (χ1n) is 6.96. The number of aliphatic carboxylic acids is 1. The van der Waals surface area contributed by atoms with Crippen LogP contribution in [0.3, 0.4) is 0 Å². The number of hydrogen-bond donors (Lipinski definition) is 1. The summed E-state index contributed by atoms with van der Waals surface area (Å²) in [4.78, 5) is 34.0. The molecular weight excluding hydrogens is 311 g/mol. The lowest BCUT2D eigenvalue weighted by Gasteiger charge is -2.30. The third kappa shape index (κ3) is 4.15. The van der Waals surface area contributed by atoms with E-state index in [9.17, 15) is 24.1 Å². The molecule has 0 spiro atoms. The fraction of sp³-hybridized carbons (Fsp3) is 0.429. The standard InChI is InChI=1S/C14H15FN2O6/c15-11-6-10(3-4-12(11)17(21)22)23-8-13(18)16-5-1-2-9(7-16)14(19)20/h3-4,6,9H,1-2,5,7-8H2,(H,19,20). The summed E-state index contributed by atoms with van der Waals surface area (Å²) >= 11 is 0. The lowest BCUT2D eigenvalue weighted by atomic mass is 9.98. The second-order valence-electron chi connectivity index (χ2n) is 5.18. The smallest absolute Gasteiger partial charge is 0.308 e. The molecule has 124 valence electrons. The predicted molar refractivity (Wildman–Crippen MR) is 75.5 cm³/mol. The van der Waals surface area contributed by atoms with E-state index in [0.29, 0.717) is 19.4 Å². The molecule has 0 aromatic heterocycles. The molecule has 1 atom stereocenters. The molecule has 8 nitrogen and oxygen atoms in total. The van der Waals surface area contributed by atoms with Crippen LogP contribution in [-0.2, 0) is 9.59 Å². The quantitative estimate of drug-likeness (QED) is 0.647. The maximum atomic E-state index is 13.4. The number of carbonyl (C=O) groups excluding carboxylic acids is 1. The van der Waals surface area contributed by atoms with Crippen LogP contribution in [0.25, 0.3) is 0 Å². The van der Waals surface area contributed by atoms with E-state index in [-0.39, 0.29) is 18.9 Å². The summed E-state index contributed by atoms with van der Waals surface area (Å²) in [5.41, 5.74) is -0.677. The van der Waals surface area contributed by atoms with Gasteiger partial charge in [-0.2, -0.15) is 4.39 Å². The van der Waals surface area contributed by atoms with Crippen LogP contribution >= 0.6 is 0 Å². The molecule has 1 amide bonds. The van der Waals surface area contributed by atoms with E-state index >= 15 is 0 Å². The number of halogens is 1. The van der Waals surface area contributed by atoms with Crippen molar-refractivity contribution in [1.29, 1.82) is 0 Å². The highest BCUT2D eigenvalue weighted by molar-refractivity contribution is 5.79. The molecule has 0 aliphatic carbocycles. The minimum Gasteiger partial charge on any atom is -0.484 e. The molecule has 9 heteroatoms. The summed E-state index contributed by atoms with van der Waals surface area (Å²) in [5, 5.41) is 19.5. The Morgan fingerprint density at radius 3 is 2.83 bits per heavy atom. The van der Waals surface area contributed by atoms with Crippen molar-refractivity contribution in [2.24, 2.45) is 5.92 Å². The molecule has 1 heterocycles. The number of carbonyl (C=O) groups is 2. The Balaban J connectivity index is 1.92. The fourth-order valence-corrected chi connectivity index (χ4v) is 2.37. The van der Waals surface area contributed by atoms with Gasteiger partial charge in [-0.25, -0.2) is 0 Å². The van der Waals surface area contributed by atoms with Gasteiger partial charge in [0.25, 0.3) is 5.91 Å². The number of benzene rings is 1. The highest BCUT2D eigenvalue weighted by Gasteiger charge is 2.28. The zero-order valence-electron chi connectivity index (χ0n) is 12.1. The van der Waals surface area contributed by atoms with Crippen molar-refractivity contribution in [1.82, 2.24) is 4.90 Å². The number of amides is 1. The molecule has 2 rings (SSSR count). The molecule has 1 saturated heterocycles. The largest absolute Gasteiger partial charge is 0.484 e. The lowest BCUT2D eigenvalue weighted by molar-refractivity contribution is -0.387. The number of piperidine rings is 1. The first-order valence-corrected chi connectivity index (χ1v) is 6.96. The topological polar surface area (TPSA) is 110 Å². The Bertz CT molecular complexity index is 636. The molecule has 1 unspecified atom stereocenters. The van der Waals surface area contributed by atoms with Crippen molar-refractivity contribution >= 4 is 17.6 Å². The van der Waals surface area contributed by atoms with Gasteiger partial charge in [0.1, 0.15) is 5.75 Å². The maximum absolute atomic E-state index is 13.4. The number of carboxylic acids is 1. The number of nitro benzene ring substituents is 1. The average molecular weight is 326 g/mol. The summed E-state index contributed by atoms with van der Waals surface area (Å²) in [6, 6.07) is 2.99. The molecule has 1 aliphatic heterocycles.